The van der Waals surface area contributed by atoms with E-state index in [1.807, 2.05) is 0 Å². The van der Waals surface area contributed by atoms with Gasteiger partial charge in [0.2, 0.25) is 0 Å². The van der Waals surface area contributed by atoms with Crippen LogP contribution in [0.5, 0.6) is 0 Å². The molecule has 134 valence electrons. The van der Waals surface area contributed by atoms with Crippen LogP contribution in [0, 0.1) is 0 Å². The Bertz CT molecular complexity index is 396. The minimum atomic E-state index is -4.21. The fourth-order valence-electron chi connectivity index (χ4n) is 3.39. The largest absolute Gasteiger partial charge is 0.401 e. The minimum Gasteiger partial charge on any atom is -0.388 e. The van der Waals surface area contributed by atoms with Gasteiger partial charge in [0.05, 0.1) is 12.1 Å². The molecule has 2 amide bonds. The molecular weight excluding hydrogens is 311 g/mol. The molecule has 2 fully saturated rings. The van der Waals surface area contributed by atoms with E-state index in [-0.39, 0.29) is 19.1 Å². The Balaban J connectivity index is 1.69. The van der Waals surface area contributed by atoms with Crippen LogP contribution in [0.15, 0.2) is 0 Å². The molecule has 1 aliphatic carbocycles. The SMILES string of the molecule is O=C(NCC1(O)CCCCCC1)NC1CCN(CC(F)(F)F)C1. The molecule has 0 aromatic rings. The Hall–Kier alpha value is -1.02. The number of hydrogen-bond donors (Lipinski definition) is 3. The van der Waals surface area contributed by atoms with Crippen molar-refractivity contribution in [2.24, 2.45) is 0 Å². The van der Waals surface area contributed by atoms with Gasteiger partial charge in [-0.1, -0.05) is 25.7 Å². The zero-order valence-electron chi connectivity index (χ0n) is 13.3. The van der Waals surface area contributed by atoms with Gasteiger partial charge in [0.25, 0.3) is 0 Å². The molecule has 5 nitrogen and oxygen atoms in total. The molecule has 0 bridgehead atoms. The van der Waals surface area contributed by atoms with Crippen molar-refractivity contribution in [3.63, 3.8) is 0 Å². The highest BCUT2D eigenvalue weighted by atomic mass is 19.4. The number of amides is 2. The molecule has 1 atom stereocenters. The molecular formula is C15H26F3N3O2. The standard InChI is InChI=1S/C15H26F3N3O2/c16-15(17,18)11-21-8-5-12(9-21)20-13(22)19-10-14(23)6-3-1-2-4-7-14/h12,23H,1-11H2,(H2,19,20,22). The van der Waals surface area contributed by atoms with Crippen LogP contribution in [-0.4, -0.2) is 60.0 Å². The number of nitrogens with zero attached hydrogens (tertiary/aromatic N) is 1. The summed E-state index contributed by atoms with van der Waals surface area (Å²) >= 11 is 0. The van der Waals surface area contributed by atoms with Gasteiger partial charge in [0, 0.05) is 25.7 Å². The fraction of sp³-hybridized carbons (Fsp3) is 0.933. The molecule has 0 radical (unpaired) electrons. The summed E-state index contributed by atoms with van der Waals surface area (Å²) in [7, 11) is 0. The number of aliphatic hydroxyl groups is 1. The number of alkyl halides is 3. The first-order chi connectivity index (χ1) is 10.8. The lowest BCUT2D eigenvalue weighted by Crippen LogP contribution is -2.49. The molecule has 1 aliphatic heterocycles. The van der Waals surface area contributed by atoms with E-state index < -0.39 is 24.4 Å². The van der Waals surface area contributed by atoms with Crippen molar-refractivity contribution in [2.45, 2.75) is 62.8 Å². The van der Waals surface area contributed by atoms with Gasteiger partial charge in [-0.25, -0.2) is 4.79 Å². The zero-order chi connectivity index (χ0) is 16.9. The highest BCUT2D eigenvalue weighted by molar-refractivity contribution is 5.74. The van der Waals surface area contributed by atoms with E-state index in [1.165, 1.54) is 4.90 Å². The van der Waals surface area contributed by atoms with Crippen LogP contribution in [-0.2, 0) is 0 Å². The van der Waals surface area contributed by atoms with Crippen LogP contribution in [0.2, 0.25) is 0 Å². The number of hydrogen-bond acceptors (Lipinski definition) is 3. The molecule has 23 heavy (non-hydrogen) atoms. The first-order valence-electron chi connectivity index (χ1n) is 8.32. The van der Waals surface area contributed by atoms with Gasteiger partial charge in [0.15, 0.2) is 0 Å². The third-order valence-electron chi connectivity index (χ3n) is 4.62. The van der Waals surface area contributed by atoms with E-state index in [4.69, 9.17) is 0 Å². The predicted octanol–water partition coefficient (Wildman–Crippen LogP) is 2.01. The van der Waals surface area contributed by atoms with Crippen LogP contribution in [0.4, 0.5) is 18.0 Å². The third kappa shape index (κ3) is 6.55. The Labute approximate surface area is 134 Å². The number of carbonyl (C=O) groups is 1. The molecule has 0 aromatic heterocycles. The number of likely N-dealkylation sites (tertiary alicyclic amines) is 1. The summed E-state index contributed by atoms with van der Waals surface area (Å²) in [5.41, 5.74) is -0.855. The van der Waals surface area contributed by atoms with Crippen molar-refractivity contribution in [3.8, 4) is 0 Å². The molecule has 1 saturated carbocycles. The molecule has 1 heterocycles. The molecule has 2 aliphatic rings. The number of carbonyl (C=O) groups excluding carboxylic acids is 1. The van der Waals surface area contributed by atoms with Crippen molar-refractivity contribution >= 4 is 6.03 Å². The first kappa shape index (κ1) is 18.3. The van der Waals surface area contributed by atoms with Gasteiger partial charge in [-0.3, -0.25) is 4.90 Å². The summed E-state index contributed by atoms with van der Waals surface area (Å²) in [5.74, 6) is 0. The first-order valence-corrected chi connectivity index (χ1v) is 8.32. The summed E-state index contributed by atoms with van der Waals surface area (Å²) < 4.78 is 37.0. The van der Waals surface area contributed by atoms with Crippen LogP contribution in [0.3, 0.4) is 0 Å². The number of rotatable bonds is 4. The zero-order valence-corrected chi connectivity index (χ0v) is 13.3. The van der Waals surface area contributed by atoms with Gasteiger partial charge in [-0.15, -0.1) is 0 Å². The highest BCUT2D eigenvalue weighted by Crippen LogP contribution is 2.26. The topological polar surface area (TPSA) is 64.6 Å². The molecule has 2 rings (SSSR count). The van der Waals surface area contributed by atoms with Gasteiger partial charge >= 0.3 is 12.2 Å². The lowest BCUT2D eigenvalue weighted by molar-refractivity contribution is -0.143. The Kier molecular flexibility index (Phi) is 6.13. The maximum atomic E-state index is 12.3. The van der Waals surface area contributed by atoms with Gasteiger partial charge in [-0.05, 0) is 19.3 Å². The Morgan fingerprint density at radius 3 is 2.48 bits per heavy atom. The number of urea groups is 1. The third-order valence-corrected chi connectivity index (χ3v) is 4.62. The van der Waals surface area contributed by atoms with Gasteiger partial charge < -0.3 is 15.7 Å². The smallest absolute Gasteiger partial charge is 0.388 e. The second-order valence-electron chi connectivity index (χ2n) is 6.80. The summed E-state index contributed by atoms with van der Waals surface area (Å²) in [4.78, 5) is 13.2. The number of nitrogens with one attached hydrogen (secondary N) is 2. The van der Waals surface area contributed by atoms with Crippen molar-refractivity contribution in [1.29, 1.82) is 0 Å². The average molecular weight is 337 g/mol. The lowest BCUT2D eigenvalue weighted by Gasteiger charge is -2.27. The molecule has 0 spiro atoms. The second-order valence-corrected chi connectivity index (χ2v) is 6.80. The Morgan fingerprint density at radius 2 is 1.87 bits per heavy atom. The van der Waals surface area contributed by atoms with Crippen LogP contribution < -0.4 is 10.6 Å². The summed E-state index contributed by atoms with van der Waals surface area (Å²) in [6.07, 6.45) is 1.76. The lowest BCUT2D eigenvalue weighted by atomic mass is 9.94. The average Bonchev–Trinajstić information content (AvgIpc) is 2.73. The van der Waals surface area contributed by atoms with E-state index in [9.17, 15) is 23.1 Å². The van der Waals surface area contributed by atoms with E-state index >= 15 is 0 Å². The minimum absolute atomic E-state index is 0.192. The maximum Gasteiger partial charge on any atom is 0.401 e. The maximum absolute atomic E-state index is 12.3. The summed E-state index contributed by atoms with van der Waals surface area (Å²) in [6, 6.07) is -0.692. The monoisotopic (exact) mass is 337 g/mol. The molecule has 1 unspecified atom stereocenters. The van der Waals surface area contributed by atoms with Gasteiger partial charge in [-0.2, -0.15) is 13.2 Å². The predicted molar refractivity (Wildman–Crippen MR) is 80.1 cm³/mol. The molecule has 1 saturated heterocycles. The van der Waals surface area contributed by atoms with Crippen LogP contribution in [0.1, 0.15) is 44.9 Å². The number of halogens is 3. The van der Waals surface area contributed by atoms with Crippen molar-refractivity contribution in [3.05, 3.63) is 0 Å². The quantitative estimate of drug-likeness (QED) is 0.688. The normalized spacial score (nSPS) is 25.8. The highest BCUT2D eigenvalue weighted by Gasteiger charge is 2.35. The van der Waals surface area contributed by atoms with Crippen molar-refractivity contribution in [2.75, 3.05) is 26.2 Å². The van der Waals surface area contributed by atoms with Crippen LogP contribution in [0.25, 0.3) is 0 Å². The molecule has 3 N–H and O–H groups in total. The fourth-order valence-corrected chi connectivity index (χ4v) is 3.39. The second kappa shape index (κ2) is 7.70. The van der Waals surface area contributed by atoms with Crippen LogP contribution >= 0.6 is 0 Å². The van der Waals surface area contributed by atoms with Crippen molar-refractivity contribution in [1.82, 2.24) is 15.5 Å². The summed E-state index contributed by atoms with van der Waals surface area (Å²) in [6.45, 7) is -0.212. The van der Waals surface area contributed by atoms with E-state index in [0.29, 0.717) is 25.8 Å². The van der Waals surface area contributed by atoms with Crippen molar-refractivity contribution < 1.29 is 23.1 Å². The van der Waals surface area contributed by atoms with E-state index in [0.717, 1.165) is 25.7 Å². The molecule has 8 heteroatoms. The Morgan fingerprint density at radius 1 is 1.22 bits per heavy atom. The summed E-state index contributed by atoms with van der Waals surface area (Å²) in [5, 5.41) is 15.8. The molecule has 0 aromatic carbocycles. The van der Waals surface area contributed by atoms with E-state index in [1.54, 1.807) is 0 Å². The van der Waals surface area contributed by atoms with Gasteiger partial charge in [0.1, 0.15) is 0 Å². The van der Waals surface area contributed by atoms with E-state index in [2.05, 4.69) is 10.6 Å².